The standard InChI is InChI=1S/C19H15F5O4/c1-2-9-7-26-19(27-8-9)10-3-12(20)16(13(21)4-10)18(25)28-11-5-14(22)17(24)15(23)6-11/h3-6,9,19H,2,7-8H2,1H3. The second-order valence-electron chi connectivity index (χ2n) is 6.22. The molecule has 0 spiro atoms. The van der Waals surface area contributed by atoms with Crippen LogP contribution in [0.1, 0.15) is 35.6 Å². The summed E-state index contributed by atoms with van der Waals surface area (Å²) in [5.41, 5.74) is -1.05. The van der Waals surface area contributed by atoms with Crippen molar-refractivity contribution < 1.29 is 41.0 Å². The van der Waals surface area contributed by atoms with E-state index in [2.05, 4.69) is 4.74 Å². The third kappa shape index (κ3) is 4.15. The fourth-order valence-electron chi connectivity index (χ4n) is 2.64. The third-order valence-electron chi connectivity index (χ3n) is 4.25. The molecule has 1 saturated heterocycles. The summed E-state index contributed by atoms with van der Waals surface area (Å²) in [6, 6.07) is 2.47. The summed E-state index contributed by atoms with van der Waals surface area (Å²) in [6.45, 7) is 2.67. The van der Waals surface area contributed by atoms with Crippen molar-refractivity contribution in [2.24, 2.45) is 5.92 Å². The Morgan fingerprint density at radius 3 is 2.00 bits per heavy atom. The zero-order valence-corrected chi connectivity index (χ0v) is 14.6. The van der Waals surface area contributed by atoms with Crippen LogP contribution in [0, 0.1) is 35.0 Å². The summed E-state index contributed by atoms with van der Waals surface area (Å²) in [5.74, 6) is -9.64. The molecule has 2 aromatic rings. The number of esters is 1. The number of rotatable bonds is 4. The Balaban J connectivity index is 1.80. The lowest BCUT2D eigenvalue weighted by Gasteiger charge is -2.29. The number of halogens is 5. The second-order valence-corrected chi connectivity index (χ2v) is 6.22. The van der Waals surface area contributed by atoms with E-state index >= 15 is 0 Å². The first-order valence-electron chi connectivity index (χ1n) is 8.39. The minimum absolute atomic E-state index is 0.0278. The molecule has 1 heterocycles. The van der Waals surface area contributed by atoms with Crippen molar-refractivity contribution in [2.45, 2.75) is 19.6 Å². The maximum absolute atomic E-state index is 14.3. The summed E-state index contributed by atoms with van der Waals surface area (Å²) in [6.07, 6.45) is -0.165. The van der Waals surface area contributed by atoms with Crippen molar-refractivity contribution in [1.82, 2.24) is 0 Å². The average Bonchev–Trinajstić information content (AvgIpc) is 2.65. The average molecular weight is 402 g/mol. The van der Waals surface area contributed by atoms with Crippen LogP contribution in [-0.4, -0.2) is 19.2 Å². The van der Waals surface area contributed by atoms with Gasteiger partial charge in [-0.2, -0.15) is 0 Å². The Morgan fingerprint density at radius 1 is 0.964 bits per heavy atom. The summed E-state index contributed by atoms with van der Waals surface area (Å²) >= 11 is 0. The van der Waals surface area contributed by atoms with Gasteiger partial charge in [0.25, 0.3) is 0 Å². The molecule has 0 atom stereocenters. The third-order valence-corrected chi connectivity index (χ3v) is 4.25. The van der Waals surface area contributed by atoms with Gasteiger partial charge >= 0.3 is 5.97 Å². The Morgan fingerprint density at radius 2 is 1.50 bits per heavy atom. The molecule has 9 heteroatoms. The van der Waals surface area contributed by atoms with E-state index in [4.69, 9.17) is 9.47 Å². The molecule has 0 aromatic heterocycles. The lowest BCUT2D eigenvalue weighted by molar-refractivity contribution is -0.205. The van der Waals surface area contributed by atoms with Crippen LogP contribution in [-0.2, 0) is 9.47 Å². The Kier molecular flexibility index (Phi) is 5.95. The number of carbonyl (C=O) groups excluding carboxylic acids is 1. The van der Waals surface area contributed by atoms with Gasteiger partial charge in [0, 0.05) is 23.6 Å². The molecule has 0 amide bonds. The van der Waals surface area contributed by atoms with Gasteiger partial charge in [0.05, 0.1) is 13.2 Å². The Bertz CT molecular complexity index is 848. The zero-order valence-electron chi connectivity index (χ0n) is 14.6. The summed E-state index contributed by atoms with van der Waals surface area (Å²) in [4.78, 5) is 12.0. The molecule has 2 aromatic carbocycles. The summed E-state index contributed by atoms with van der Waals surface area (Å²) < 4.78 is 83.4. The molecule has 28 heavy (non-hydrogen) atoms. The first kappa shape index (κ1) is 20.2. The second kappa shape index (κ2) is 8.24. The molecule has 0 radical (unpaired) electrons. The zero-order chi connectivity index (χ0) is 20.4. The number of ether oxygens (including phenoxy) is 3. The van der Waals surface area contributed by atoms with Crippen molar-refractivity contribution >= 4 is 5.97 Å². The van der Waals surface area contributed by atoms with Crippen molar-refractivity contribution in [1.29, 1.82) is 0 Å². The van der Waals surface area contributed by atoms with E-state index in [0.29, 0.717) is 25.3 Å². The highest BCUT2D eigenvalue weighted by Gasteiger charge is 2.27. The van der Waals surface area contributed by atoms with Gasteiger partial charge in [-0.05, 0) is 18.6 Å². The van der Waals surface area contributed by atoms with Crippen LogP contribution in [0.3, 0.4) is 0 Å². The van der Waals surface area contributed by atoms with Gasteiger partial charge in [0.2, 0.25) is 0 Å². The van der Waals surface area contributed by atoms with E-state index in [1.807, 2.05) is 6.92 Å². The highest BCUT2D eigenvalue weighted by atomic mass is 19.2. The number of hydrogen-bond donors (Lipinski definition) is 0. The maximum atomic E-state index is 14.3. The van der Waals surface area contributed by atoms with E-state index in [1.54, 1.807) is 0 Å². The van der Waals surface area contributed by atoms with E-state index in [9.17, 15) is 26.7 Å². The SMILES string of the molecule is CCC1COC(c2cc(F)c(C(=O)Oc3cc(F)c(F)c(F)c3)c(F)c2)OC1. The van der Waals surface area contributed by atoms with Crippen LogP contribution in [0.25, 0.3) is 0 Å². The molecule has 150 valence electrons. The molecule has 0 aliphatic carbocycles. The highest BCUT2D eigenvalue weighted by molar-refractivity contribution is 5.91. The molecule has 4 nitrogen and oxygen atoms in total. The van der Waals surface area contributed by atoms with Gasteiger partial charge < -0.3 is 14.2 Å². The predicted molar refractivity (Wildman–Crippen MR) is 86.1 cm³/mol. The van der Waals surface area contributed by atoms with Gasteiger partial charge in [-0.3, -0.25) is 0 Å². The lowest BCUT2D eigenvalue weighted by atomic mass is 10.1. The van der Waals surface area contributed by atoms with E-state index in [0.717, 1.165) is 18.6 Å². The van der Waals surface area contributed by atoms with Gasteiger partial charge in [-0.15, -0.1) is 0 Å². The quantitative estimate of drug-likeness (QED) is 0.323. The molecular formula is C19H15F5O4. The topological polar surface area (TPSA) is 44.8 Å². The highest BCUT2D eigenvalue weighted by Crippen LogP contribution is 2.29. The molecular weight excluding hydrogens is 387 g/mol. The number of hydrogen-bond acceptors (Lipinski definition) is 4. The normalized spacial score (nSPS) is 19.5. The minimum Gasteiger partial charge on any atom is -0.423 e. The molecule has 3 rings (SSSR count). The fourth-order valence-corrected chi connectivity index (χ4v) is 2.64. The minimum atomic E-state index is -1.76. The number of benzene rings is 2. The van der Waals surface area contributed by atoms with Crippen molar-refractivity contribution in [2.75, 3.05) is 13.2 Å². The van der Waals surface area contributed by atoms with Crippen LogP contribution in [0.4, 0.5) is 22.0 Å². The van der Waals surface area contributed by atoms with E-state index < -0.39 is 52.7 Å². The first-order chi connectivity index (χ1) is 13.3. The molecule has 1 aliphatic rings. The van der Waals surface area contributed by atoms with E-state index in [1.165, 1.54) is 0 Å². The van der Waals surface area contributed by atoms with Crippen LogP contribution >= 0.6 is 0 Å². The van der Waals surface area contributed by atoms with Crippen molar-refractivity contribution in [3.63, 3.8) is 0 Å². The molecule has 1 fully saturated rings. The monoisotopic (exact) mass is 402 g/mol. The predicted octanol–water partition coefficient (Wildman–Crippen LogP) is 4.67. The molecule has 0 saturated carbocycles. The Hall–Kier alpha value is -2.52. The smallest absolute Gasteiger partial charge is 0.349 e. The summed E-state index contributed by atoms with van der Waals surface area (Å²) in [7, 11) is 0. The molecule has 0 bridgehead atoms. The molecule has 1 aliphatic heterocycles. The van der Waals surface area contributed by atoms with Crippen LogP contribution in [0.15, 0.2) is 24.3 Å². The first-order valence-corrected chi connectivity index (χ1v) is 8.39. The van der Waals surface area contributed by atoms with E-state index in [-0.39, 0.29) is 11.5 Å². The number of carbonyl (C=O) groups is 1. The van der Waals surface area contributed by atoms with Crippen molar-refractivity contribution in [3.05, 3.63) is 64.5 Å². The van der Waals surface area contributed by atoms with Gasteiger partial charge in [0.1, 0.15) is 22.9 Å². The van der Waals surface area contributed by atoms with Crippen LogP contribution < -0.4 is 4.74 Å². The molecule has 0 N–H and O–H groups in total. The van der Waals surface area contributed by atoms with Gasteiger partial charge in [-0.1, -0.05) is 6.92 Å². The van der Waals surface area contributed by atoms with Crippen LogP contribution in [0.2, 0.25) is 0 Å². The fraction of sp³-hybridized carbons (Fsp3) is 0.316. The Labute approximate surface area is 156 Å². The van der Waals surface area contributed by atoms with Crippen molar-refractivity contribution in [3.8, 4) is 5.75 Å². The van der Waals surface area contributed by atoms with Gasteiger partial charge in [-0.25, -0.2) is 26.7 Å². The molecule has 0 unspecified atom stereocenters. The lowest BCUT2D eigenvalue weighted by Crippen LogP contribution is -2.27. The maximum Gasteiger partial charge on any atom is 0.349 e. The van der Waals surface area contributed by atoms with Crippen LogP contribution in [0.5, 0.6) is 5.75 Å². The largest absolute Gasteiger partial charge is 0.423 e. The summed E-state index contributed by atoms with van der Waals surface area (Å²) in [5, 5.41) is 0. The van der Waals surface area contributed by atoms with Gasteiger partial charge in [0.15, 0.2) is 23.7 Å².